The number of fused-ring (bicyclic) bond motifs is 1. The van der Waals surface area contributed by atoms with Gasteiger partial charge in [0, 0.05) is 23.4 Å². The number of hydrogen-bond acceptors (Lipinski definition) is 5. The van der Waals surface area contributed by atoms with Crippen LogP contribution in [-0.2, 0) is 0 Å². The SMILES string of the molecule is Fc1ccc(-c2nc(Cl)cc(Nc3ccc4c(c3)OCO4)n2)cc1. The van der Waals surface area contributed by atoms with Gasteiger partial charge in [-0.1, -0.05) is 11.6 Å². The average molecular weight is 344 g/mol. The lowest BCUT2D eigenvalue weighted by Crippen LogP contribution is -1.98. The third kappa shape index (κ3) is 2.96. The van der Waals surface area contributed by atoms with Crippen LogP contribution in [0.1, 0.15) is 0 Å². The maximum Gasteiger partial charge on any atom is 0.231 e. The summed E-state index contributed by atoms with van der Waals surface area (Å²) >= 11 is 6.08. The van der Waals surface area contributed by atoms with E-state index in [1.807, 2.05) is 18.2 Å². The van der Waals surface area contributed by atoms with Crippen molar-refractivity contribution in [3.63, 3.8) is 0 Å². The highest BCUT2D eigenvalue weighted by atomic mass is 35.5. The van der Waals surface area contributed by atoms with Crippen molar-refractivity contribution in [1.29, 1.82) is 0 Å². The fraction of sp³-hybridized carbons (Fsp3) is 0.0588. The summed E-state index contributed by atoms with van der Waals surface area (Å²) in [5.74, 6) is 1.98. The Labute approximate surface area is 142 Å². The van der Waals surface area contributed by atoms with Gasteiger partial charge in [0.25, 0.3) is 0 Å². The number of hydrogen-bond donors (Lipinski definition) is 1. The molecule has 0 aliphatic carbocycles. The van der Waals surface area contributed by atoms with Crippen LogP contribution >= 0.6 is 11.6 Å². The van der Waals surface area contributed by atoms with Crippen LogP contribution in [0.2, 0.25) is 5.15 Å². The molecule has 0 unspecified atom stereocenters. The van der Waals surface area contributed by atoms with Crippen LogP contribution in [0.3, 0.4) is 0 Å². The lowest BCUT2D eigenvalue weighted by molar-refractivity contribution is 0.174. The van der Waals surface area contributed by atoms with Gasteiger partial charge in [0.2, 0.25) is 6.79 Å². The van der Waals surface area contributed by atoms with Gasteiger partial charge < -0.3 is 14.8 Å². The molecule has 24 heavy (non-hydrogen) atoms. The number of rotatable bonds is 3. The Morgan fingerprint density at radius 3 is 2.58 bits per heavy atom. The first-order chi connectivity index (χ1) is 11.7. The molecule has 120 valence electrons. The van der Waals surface area contributed by atoms with Crippen LogP contribution in [0, 0.1) is 5.82 Å². The highest BCUT2D eigenvalue weighted by Crippen LogP contribution is 2.35. The first kappa shape index (κ1) is 14.7. The molecule has 0 saturated carbocycles. The molecule has 7 heteroatoms. The molecule has 1 aliphatic heterocycles. The van der Waals surface area contributed by atoms with E-state index in [1.165, 1.54) is 12.1 Å². The van der Waals surface area contributed by atoms with Crippen molar-refractivity contribution < 1.29 is 13.9 Å². The highest BCUT2D eigenvalue weighted by Gasteiger charge is 2.14. The molecule has 0 atom stereocenters. The van der Waals surface area contributed by atoms with E-state index in [9.17, 15) is 4.39 Å². The Morgan fingerprint density at radius 1 is 0.958 bits per heavy atom. The first-order valence-corrected chi connectivity index (χ1v) is 7.52. The van der Waals surface area contributed by atoms with E-state index in [4.69, 9.17) is 21.1 Å². The Hall–Kier alpha value is -2.86. The quantitative estimate of drug-likeness (QED) is 0.714. The van der Waals surface area contributed by atoms with Crippen molar-refractivity contribution in [3.05, 3.63) is 59.5 Å². The molecule has 5 nitrogen and oxygen atoms in total. The minimum atomic E-state index is -0.320. The predicted octanol–water partition coefficient (Wildman–Crippen LogP) is 4.41. The molecule has 2 heterocycles. The van der Waals surface area contributed by atoms with Crippen molar-refractivity contribution >= 4 is 23.1 Å². The van der Waals surface area contributed by atoms with E-state index < -0.39 is 0 Å². The summed E-state index contributed by atoms with van der Waals surface area (Å²) in [6.45, 7) is 0.215. The molecule has 0 amide bonds. The summed E-state index contributed by atoms with van der Waals surface area (Å²) in [7, 11) is 0. The fourth-order valence-corrected chi connectivity index (χ4v) is 2.52. The van der Waals surface area contributed by atoms with Crippen molar-refractivity contribution in [2.24, 2.45) is 0 Å². The molecule has 3 aromatic rings. The van der Waals surface area contributed by atoms with Crippen LogP contribution in [0.25, 0.3) is 11.4 Å². The molecule has 0 fully saturated rings. The van der Waals surface area contributed by atoms with Gasteiger partial charge in [-0.25, -0.2) is 14.4 Å². The molecule has 0 radical (unpaired) electrons. The second-order valence-corrected chi connectivity index (χ2v) is 5.49. The minimum Gasteiger partial charge on any atom is -0.454 e. The van der Waals surface area contributed by atoms with Gasteiger partial charge >= 0.3 is 0 Å². The predicted molar refractivity (Wildman–Crippen MR) is 88.3 cm³/mol. The number of nitrogens with one attached hydrogen (secondary N) is 1. The summed E-state index contributed by atoms with van der Waals surface area (Å²) in [4.78, 5) is 8.60. The topological polar surface area (TPSA) is 56.3 Å². The van der Waals surface area contributed by atoms with Gasteiger partial charge in [0.1, 0.15) is 16.8 Å². The van der Waals surface area contributed by atoms with Gasteiger partial charge in [-0.2, -0.15) is 0 Å². The maximum absolute atomic E-state index is 13.1. The van der Waals surface area contributed by atoms with Crippen molar-refractivity contribution in [2.75, 3.05) is 12.1 Å². The number of halogens is 2. The molecule has 2 aromatic carbocycles. The maximum atomic E-state index is 13.1. The lowest BCUT2D eigenvalue weighted by Gasteiger charge is -2.09. The van der Waals surface area contributed by atoms with Gasteiger partial charge in [-0.15, -0.1) is 0 Å². The molecule has 0 saturated heterocycles. The van der Waals surface area contributed by atoms with Crippen LogP contribution < -0.4 is 14.8 Å². The van der Waals surface area contributed by atoms with Crippen molar-refractivity contribution in [3.8, 4) is 22.9 Å². The Balaban J connectivity index is 1.65. The molecular formula is C17H11ClFN3O2. The molecular weight excluding hydrogens is 333 g/mol. The number of ether oxygens (including phenoxy) is 2. The van der Waals surface area contributed by atoms with Crippen molar-refractivity contribution in [2.45, 2.75) is 0 Å². The monoisotopic (exact) mass is 343 g/mol. The smallest absolute Gasteiger partial charge is 0.231 e. The van der Waals surface area contributed by atoms with Crippen LogP contribution in [0.5, 0.6) is 11.5 Å². The van der Waals surface area contributed by atoms with E-state index in [0.717, 1.165) is 5.69 Å². The zero-order valence-electron chi connectivity index (χ0n) is 12.3. The average Bonchev–Trinajstić information content (AvgIpc) is 3.02. The summed E-state index contributed by atoms with van der Waals surface area (Å²) in [5, 5.41) is 3.44. The minimum absolute atomic E-state index is 0.215. The third-order valence-corrected chi connectivity index (χ3v) is 3.64. The second kappa shape index (κ2) is 5.98. The molecule has 4 rings (SSSR count). The molecule has 1 aliphatic rings. The van der Waals surface area contributed by atoms with E-state index in [0.29, 0.717) is 28.7 Å². The van der Waals surface area contributed by atoms with Crippen LogP contribution in [-0.4, -0.2) is 16.8 Å². The number of anilines is 2. The van der Waals surface area contributed by atoms with Crippen LogP contribution in [0.15, 0.2) is 48.5 Å². The Kier molecular flexibility index (Phi) is 3.66. The number of nitrogens with zero attached hydrogens (tertiary/aromatic N) is 2. The van der Waals surface area contributed by atoms with Gasteiger partial charge in [-0.3, -0.25) is 0 Å². The molecule has 1 N–H and O–H groups in total. The number of aromatic nitrogens is 2. The third-order valence-electron chi connectivity index (χ3n) is 3.44. The van der Waals surface area contributed by atoms with Gasteiger partial charge in [-0.05, 0) is 36.4 Å². The summed E-state index contributed by atoms with van der Waals surface area (Å²) in [6, 6.07) is 13.0. The number of benzene rings is 2. The van der Waals surface area contributed by atoms with Crippen molar-refractivity contribution in [1.82, 2.24) is 9.97 Å². The normalized spacial score (nSPS) is 12.2. The summed E-state index contributed by atoms with van der Waals surface area (Å²) < 4.78 is 23.7. The Morgan fingerprint density at radius 2 is 1.75 bits per heavy atom. The summed E-state index contributed by atoms with van der Waals surface area (Å²) in [5.41, 5.74) is 1.45. The largest absolute Gasteiger partial charge is 0.454 e. The molecule has 0 bridgehead atoms. The van der Waals surface area contributed by atoms with Gasteiger partial charge in [0.05, 0.1) is 0 Å². The van der Waals surface area contributed by atoms with E-state index in [1.54, 1.807) is 18.2 Å². The second-order valence-electron chi connectivity index (χ2n) is 5.10. The van der Waals surface area contributed by atoms with E-state index in [-0.39, 0.29) is 17.8 Å². The Bertz CT molecular complexity index is 903. The van der Waals surface area contributed by atoms with E-state index in [2.05, 4.69) is 15.3 Å². The van der Waals surface area contributed by atoms with Gasteiger partial charge in [0.15, 0.2) is 17.3 Å². The zero-order chi connectivity index (χ0) is 16.5. The fourth-order valence-electron chi connectivity index (χ4n) is 2.33. The summed E-state index contributed by atoms with van der Waals surface area (Å²) in [6.07, 6.45) is 0. The van der Waals surface area contributed by atoms with E-state index >= 15 is 0 Å². The molecule has 1 aromatic heterocycles. The standard InChI is InChI=1S/C17H11ClFN3O2/c18-15-8-16(20-12-5-6-13-14(7-12)24-9-23-13)22-17(21-15)10-1-3-11(19)4-2-10/h1-8H,9H2,(H,20,21,22). The molecule has 0 spiro atoms. The first-order valence-electron chi connectivity index (χ1n) is 7.14. The van der Waals surface area contributed by atoms with Crippen LogP contribution in [0.4, 0.5) is 15.9 Å². The zero-order valence-corrected chi connectivity index (χ0v) is 13.0. The highest BCUT2D eigenvalue weighted by molar-refractivity contribution is 6.29. The lowest BCUT2D eigenvalue weighted by atomic mass is 10.2.